The van der Waals surface area contributed by atoms with E-state index in [4.69, 9.17) is 5.11 Å². The number of fused-ring (bicyclic) bond motifs is 4. The Morgan fingerprint density at radius 2 is 2.06 bits per heavy atom. The Morgan fingerprint density at radius 3 is 2.78 bits per heavy atom. The van der Waals surface area contributed by atoms with Crippen LogP contribution in [0.15, 0.2) is 23.0 Å². The lowest BCUT2D eigenvalue weighted by molar-refractivity contribution is 0.142. The lowest BCUT2D eigenvalue weighted by atomic mass is 9.99. The first-order chi connectivity index (χ1) is 14.9. The van der Waals surface area contributed by atoms with Gasteiger partial charge in [-0.1, -0.05) is 0 Å². The van der Waals surface area contributed by atoms with Crippen molar-refractivity contribution in [1.82, 2.24) is 14.9 Å². The van der Waals surface area contributed by atoms with Crippen LogP contribution in [0.4, 0.5) is 4.79 Å². The summed E-state index contributed by atoms with van der Waals surface area (Å²) in [6.07, 6.45) is 3.06. The zero-order valence-electron chi connectivity index (χ0n) is 17.7. The summed E-state index contributed by atoms with van der Waals surface area (Å²) in [4.78, 5) is 26.1. The number of ether oxygens (including phenoxy) is 1. The SMILES string of the molecule is Cl.Cn1c(CNCC2CC2)cc2cc3c(cc21)CCCc1c-3[nH]c(=O)c(OC(=O)O)c1O. The van der Waals surface area contributed by atoms with Gasteiger partial charge in [0.15, 0.2) is 5.75 Å². The zero-order chi connectivity index (χ0) is 21.7. The maximum absolute atomic E-state index is 12.5. The molecule has 0 amide bonds. The van der Waals surface area contributed by atoms with Crippen molar-refractivity contribution in [3.05, 3.63) is 45.4 Å². The molecule has 0 aliphatic heterocycles. The lowest BCUT2D eigenvalue weighted by Gasteiger charge is -2.13. The molecule has 0 saturated heterocycles. The first kappa shape index (κ1) is 22.2. The van der Waals surface area contributed by atoms with Crippen molar-refractivity contribution in [3.8, 4) is 22.8 Å². The van der Waals surface area contributed by atoms with E-state index in [0.717, 1.165) is 53.9 Å². The van der Waals surface area contributed by atoms with E-state index in [1.54, 1.807) is 0 Å². The van der Waals surface area contributed by atoms with Gasteiger partial charge in [0.2, 0.25) is 5.75 Å². The van der Waals surface area contributed by atoms with Gasteiger partial charge in [-0.15, -0.1) is 12.4 Å². The Hall–Kier alpha value is -2.97. The molecule has 8 nitrogen and oxygen atoms in total. The first-order valence-corrected chi connectivity index (χ1v) is 10.6. The quantitative estimate of drug-likeness (QED) is 0.432. The van der Waals surface area contributed by atoms with Gasteiger partial charge in [-0.25, -0.2) is 4.79 Å². The molecule has 2 aromatic heterocycles. The van der Waals surface area contributed by atoms with Crippen molar-refractivity contribution in [2.75, 3.05) is 6.54 Å². The predicted molar refractivity (Wildman–Crippen MR) is 123 cm³/mol. The van der Waals surface area contributed by atoms with Crippen LogP contribution in [0.25, 0.3) is 22.2 Å². The summed E-state index contributed by atoms with van der Waals surface area (Å²) in [6.45, 7) is 1.85. The number of aryl methyl sites for hydroxylation is 2. The third kappa shape index (κ3) is 3.96. The van der Waals surface area contributed by atoms with E-state index in [1.165, 1.54) is 18.5 Å². The number of nitrogens with one attached hydrogen (secondary N) is 2. The molecule has 0 atom stereocenters. The van der Waals surface area contributed by atoms with Gasteiger partial charge in [-0.2, -0.15) is 0 Å². The van der Waals surface area contributed by atoms with E-state index >= 15 is 0 Å². The highest BCUT2D eigenvalue weighted by molar-refractivity contribution is 5.89. The molecule has 0 bridgehead atoms. The second kappa shape index (κ2) is 8.52. The molecule has 1 aromatic carbocycles. The molecular weight excluding hydrogens is 434 g/mol. The molecule has 32 heavy (non-hydrogen) atoms. The van der Waals surface area contributed by atoms with Crippen molar-refractivity contribution in [2.45, 2.75) is 38.6 Å². The van der Waals surface area contributed by atoms with Crippen molar-refractivity contribution < 1.29 is 19.7 Å². The number of rotatable bonds is 5. The van der Waals surface area contributed by atoms with Crippen molar-refractivity contribution in [2.24, 2.45) is 13.0 Å². The molecule has 3 aromatic rings. The summed E-state index contributed by atoms with van der Waals surface area (Å²) in [5.74, 6) is -0.145. The van der Waals surface area contributed by atoms with Crippen LogP contribution in [0, 0.1) is 5.92 Å². The predicted octanol–water partition coefficient (Wildman–Crippen LogP) is 3.71. The monoisotopic (exact) mass is 459 g/mol. The van der Waals surface area contributed by atoms with E-state index in [-0.39, 0.29) is 12.4 Å². The fourth-order valence-electron chi connectivity index (χ4n) is 4.54. The van der Waals surface area contributed by atoms with Gasteiger partial charge in [0.05, 0.1) is 5.69 Å². The van der Waals surface area contributed by atoms with Crippen LogP contribution < -0.4 is 15.6 Å². The zero-order valence-corrected chi connectivity index (χ0v) is 18.6. The average Bonchev–Trinajstić information content (AvgIpc) is 3.52. The number of benzene rings is 1. The fourth-order valence-corrected chi connectivity index (χ4v) is 4.54. The number of H-pyrrole nitrogens is 1. The van der Waals surface area contributed by atoms with E-state index < -0.39 is 23.2 Å². The topological polar surface area (TPSA) is 117 Å². The number of hydrogen-bond acceptors (Lipinski definition) is 5. The van der Waals surface area contributed by atoms with Crippen LogP contribution in [0.3, 0.4) is 0 Å². The Bertz CT molecular complexity index is 1260. The molecule has 0 radical (unpaired) electrons. The summed E-state index contributed by atoms with van der Waals surface area (Å²) in [7, 11) is 2.07. The molecular formula is C23H26ClN3O5. The fraction of sp³-hybridized carbons (Fsp3) is 0.391. The highest BCUT2D eigenvalue weighted by Crippen LogP contribution is 2.40. The van der Waals surface area contributed by atoms with Gasteiger partial charge in [-0.3, -0.25) is 4.79 Å². The number of carboxylic acid groups (broad SMARTS) is 1. The molecule has 0 spiro atoms. The number of carbonyl (C=O) groups is 1. The van der Waals surface area contributed by atoms with Crippen LogP contribution in [0.1, 0.15) is 36.1 Å². The van der Waals surface area contributed by atoms with E-state index in [1.807, 2.05) is 6.07 Å². The molecule has 2 heterocycles. The molecule has 1 saturated carbocycles. The summed E-state index contributed by atoms with van der Waals surface area (Å²) < 4.78 is 6.73. The summed E-state index contributed by atoms with van der Waals surface area (Å²) in [5.41, 5.74) is 4.55. The minimum atomic E-state index is -1.64. The van der Waals surface area contributed by atoms with Crippen LogP contribution in [-0.2, 0) is 26.4 Å². The summed E-state index contributed by atoms with van der Waals surface area (Å²) >= 11 is 0. The number of aromatic hydroxyl groups is 1. The van der Waals surface area contributed by atoms with Gasteiger partial charge in [0.1, 0.15) is 0 Å². The van der Waals surface area contributed by atoms with Gasteiger partial charge in [0, 0.05) is 41.3 Å². The summed E-state index contributed by atoms with van der Waals surface area (Å²) in [6, 6.07) is 6.35. The van der Waals surface area contributed by atoms with Crippen molar-refractivity contribution >= 4 is 29.5 Å². The number of nitrogens with zero attached hydrogens (tertiary/aromatic N) is 1. The Balaban J connectivity index is 0.00000245. The molecule has 2 aliphatic carbocycles. The summed E-state index contributed by atoms with van der Waals surface area (Å²) in [5, 5.41) is 24.1. The van der Waals surface area contributed by atoms with Gasteiger partial charge >= 0.3 is 6.16 Å². The normalized spacial score (nSPS) is 14.9. The second-order valence-corrected chi connectivity index (χ2v) is 8.54. The third-order valence-corrected chi connectivity index (χ3v) is 6.38. The minimum absolute atomic E-state index is 0. The van der Waals surface area contributed by atoms with E-state index in [2.05, 4.69) is 38.8 Å². The molecule has 2 aliphatic rings. The van der Waals surface area contributed by atoms with E-state index in [9.17, 15) is 14.7 Å². The minimum Gasteiger partial charge on any atom is -0.504 e. The second-order valence-electron chi connectivity index (χ2n) is 8.54. The first-order valence-electron chi connectivity index (χ1n) is 10.6. The van der Waals surface area contributed by atoms with Crippen LogP contribution >= 0.6 is 12.4 Å². The molecule has 0 unspecified atom stereocenters. The largest absolute Gasteiger partial charge is 0.511 e. The molecule has 5 rings (SSSR count). The standard InChI is InChI=1S/C23H25N3O5.ClH/c1-26-15(11-24-10-12-5-6-12)7-14-8-17-13(9-18(14)26)3-2-4-16-19(17)25-22(28)21(20(16)27)31-23(29)30;/h7-9,12,24H,2-6,10-11H2,1H3,(H,29,30)(H2,25,27,28);1H. The highest BCUT2D eigenvalue weighted by Gasteiger charge is 2.25. The van der Waals surface area contributed by atoms with Crippen LogP contribution in [0.2, 0.25) is 0 Å². The maximum atomic E-state index is 12.5. The molecule has 4 N–H and O–H groups in total. The van der Waals surface area contributed by atoms with Crippen LogP contribution in [0.5, 0.6) is 11.5 Å². The molecule has 170 valence electrons. The lowest BCUT2D eigenvalue weighted by Crippen LogP contribution is -2.17. The number of aromatic amines is 1. The van der Waals surface area contributed by atoms with Crippen molar-refractivity contribution in [1.29, 1.82) is 0 Å². The number of halogens is 1. The molecule has 1 fully saturated rings. The van der Waals surface area contributed by atoms with Crippen molar-refractivity contribution in [3.63, 3.8) is 0 Å². The Labute approximate surface area is 190 Å². The smallest absolute Gasteiger partial charge is 0.504 e. The average molecular weight is 460 g/mol. The third-order valence-electron chi connectivity index (χ3n) is 6.38. The number of aromatic nitrogens is 2. The maximum Gasteiger partial charge on any atom is 0.511 e. The number of hydrogen-bond donors (Lipinski definition) is 4. The van der Waals surface area contributed by atoms with Gasteiger partial charge in [-0.05, 0) is 68.3 Å². The van der Waals surface area contributed by atoms with E-state index in [0.29, 0.717) is 17.7 Å². The van der Waals surface area contributed by atoms with Gasteiger partial charge < -0.3 is 29.8 Å². The molecule has 9 heteroatoms. The van der Waals surface area contributed by atoms with Gasteiger partial charge in [0.25, 0.3) is 5.56 Å². The number of pyridine rings is 1. The Morgan fingerprint density at radius 1 is 1.28 bits per heavy atom. The highest BCUT2D eigenvalue weighted by atomic mass is 35.5. The Kier molecular flexibility index (Phi) is 5.92. The van der Waals surface area contributed by atoms with Crippen LogP contribution in [-0.4, -0.2) is 32.5 Å².